The van der Waals surface area contributed by atoms with Crippen molar-refractivity contribution in [1.29, 1.82) is 0 Å². The summed E-state index contributed by atoms with van der Waals surface area (Å²) in [6.45, 7) is 7.48. The molecule has 0 spiro atoms. The van der Waals surface area contributed by atoms with Gasteiger partial charge in [0, 0.05) is 20.8 Å². The largest absolute Gasteiger partial charge is 0.456 e. The van der Waals surface area contributed by atoms with Crippen LogP contribution in [0.25, 0.3) is 0 Å². The van der Waals surface area contributed by atoms with Gasteiger partial charge in [-0.1, -0.05) is 36.4 Å². The molecule has 5 atom stereocenters. The van der Waals surface area contributed by atoms with Crippen molar-refractivity contribution in [1.82, 2.24) is 0 Å². The highest BCUT2D eigenvalue weighted by atomic mass is 16.7. The van der Waals surface area contributed by atoms with Gasteiger partial charge in [0.1, 0.15) is 12.2 Å². The van der Waals surface area contributed by atoms with Crippen molar-refractivity contribution in [2.75, 3.05) is 0 Å². The zero-order valence-electron chi connectivity index (χ0n) is 16.0. The first-order chi connectivity index (χ1) is 13.3. The number of ether oxygens (including phenoxy) is 5. The molecule has 2 unspecified atom stereocenters. The highest BCUT2D eigenvalue weighted by molar-refractivity contribution is 5.68. The maximum absolute atomic E-state index is 11.6. The lowest BCUT2D eigenvalue weighted by Gasteiger charge is -2.43. The maximum Gasteiger partial charge on any atom is 0.305 e. The van der Waals surface area contributed by atoms with Crippen molar-refractivity contribution in [3.05, 3.63) is 48.6 Å². The average Bonchev–Trinajstić information content (AvgIpc) is 2.62. The molecule has 0 radical (unpaired) electrons. The Morgan fingerprint density at radius 1 is 0.929 bits per heavy atom. The summed E-state index contributed by atoms with van der Waals surface area (Å²) in [4.78, 5) is 34.8. The molecular weight excluding hydrogens is 368 g/mol. The molecule has 0 N–H and O–H groups in total. The molecule has 1 heterocycles. The van der Waals surface area contributed by atoms with Crippen LogP contribution in [0, 0.1) is 0 Å². The molecule has 0 aliphatic carbocycles. The highest BCUT2D eigenvalue weighted by Crippen LogP contribution is 2.30. The van der Waals surface area contributed by atoms with E-state index in [-0.39, 0.29) is 6.61 Å². The van der Waals surface area contributed by atoms with Crippen molar-refractivity contribution in [2.24, 2.45) is 0 Å². The fourth-order valence-electron chi connectivity index (χ4n) is 2.88. The van der Waals surface area contributed by atoms with Gasteiger partial charge < -0.3 is 23.7 Å². The van der Waals surface area contributed by atoms with Crippen molar-refractivity contribution < 1.29 is 38.1 Å². The van der Waals surface area contributed by atoms with Crippen LogP contribution in [0.15, 0.2) is 43.0 Å². The Bertz CT molecular complexity index is 701. The summed E-state index contributed by atoms with van der Waals surface area (Å²) in [6, 6.07) is 9.28. The van der Waals surface area contributed by atoms with E-state index >= 15 is 0 Å². The van der Waals surface area contributed by atoms with Gasteiger partial charge in [-0.25, -0.2) is 0 Å². The van der Waals surface area contributed by atoms with E-state index in [1.165, 1.54) is 26.8 Å². The van der Waals surface area contributed by atoms with Crippen molar-refractivity contribution in [3.63, 3.8) is 0 Å². The van der Waals surface area contributed by atoms with Gasteiger partial charge in [-0.05, 0) is 5.56 Å². The standard InChI is InChI=1S/C20H24O8/c1-5-16-17(25-12(2)21)18(24-11-15-9-7-6-8-10-15)19(26-13(3)22)20(28-16)27-14(4)23/h5-10,16-20H,1,11H2,2-4H3/t16?,17-,18-,19?,20+/m1/s1. The first kappa shape index (κ1) is 21.6. The van der Waals surface area contributed by atoms with Crippen LogP contribution in [0.4, 0.5) is 0 Å². The molecule has 0 aromatic heterocycles. The molecule has 28 heavy (non-hydrogen) atoms. The third-order valence-corrected chi connectivity index (χ3v) is 3.93. The van der Waals surface area contributed by atoms with Crippen LogP contribution in [0.1, 0.15) is 26.3 Å². The summed E-state index contributed by atoms with van der Waals surface area (Å²) < 4.78 is 27.5. The van der Waals surface area contributed by atoms with Crippen LogP contribution < -0.4 is 0 Å². The second kappa shape index (κ2) is 10.0. The van der Waals surface area contributed by atoms with Crippen LogP contribution in [-0.4, -0.2) is 48.6 Å². The summed E-state index contributed by atoms with van der Waals surface area (Å²) in [5.41, 5.74) is 0.858. The summed E-state index contributed by atoms with van der Waals surface area (Å²) in [6.07, 6.45) is -3.69. The molecule has 1 aromatic carbocycles. The minimum atomic E-state index is -1.24. The summed E-state index contributed by atoms with van der Waals surface area (Å²) in [5, 5.41) is 0. The molecule has 1 aliphatic rings. The molecule has 1 aliphatic heterocycles. The maximum atomic E-state index is 11.6. The number of rotatable bonds is 7. The van der Waals surface area contributed by atoms with E-state index in [9.17, 15) is 14.4 Å². The van der Waals surface area contributed by atoms with Gasteiger partial charge in [-0.3, -0.25) is 14.4 Å². The molecule has 0 bridgehead atoms. The predicted octanol–water partition coefficient (Wildman–Crippen LogP) is 1.91. The van der Waals surface area contributed by atoms with Gasteiger partial charge in [0.05, 0.1) is 6.61 Å². The fourth-order valence-corrected chi connectivity index (χ4v) is 2.88. The fraction of sp³-hybridized carbons (Fsp3) is 0.450. The highest BCUT2D eigenvalue weighted by Gasteiger charge is 2.51. The molecular formula is C20H24O8. The van der Waals surface area contributed by atoms with Gasteiger partial charge in [0.2, 0.25) is 6.29 Å². The number of carbonyl (C=O) groups excluding carboxylic acids is 3. The number of hydrogen-bond donors (Lipinski definition) is 0. The third-order valence-electron chi connectivity index (χ3n) is 3.93. The first-order valence-electron chi connectivity index (χ1n) is 8.77. The lowest BCUT2D eigenvalue weighted by Crippen LogP contribution is -2.61. The zero-order valence-corrected chi connectivity index (χ0v) is 16.0. The number of carbonyl (C=O) groups is 3. The number of esters is 3. The van der Waals surface area contributed by atoms with E-state index in [0.717, 1.165) is 5.56 Å². The lowest BCUT2D eigenvalue weighted by molar-refractivity contribution is -0.293. The Hall–Kier alpha value is -2.71. The SMILES string of the molecule is C=CC1O[C@H](OC(C)=O)C(OC(C)=O)[C@H](OCc2ccccc2)[C@@H]1OC(C)=O. The minimum Gasteiger partial charge on any atom is -0.456 e. The van der Waals surface area contributed by atoms with Crippen LogP contribution in [0.5, 0.6) is 0 Å². The lowest BCUT2D eigenvalue weighted by atomic mass is 9.97. The smallest absolute Gasteiger partial charge is 0.305 e. The summed E-state index contributed by atoms with van der Waals surface area (Å²) in [7, 11) is 0. The monoisotopic (exact) mass is 392 g/mol. The third kappa shape index (κ3) is 5.90. The van der Waals surface area contributed by atoms with Crippen molar-refractivity contribution in [3.8, 4) is 0 Å². The van der Waals surface area contributed by atoms with E-state index in [1.54, 1.807) is 0 Å². The molecule has 0 amide bonds. The Morgan fingerprint density at radius 2 is 1.50 bits per heavy atom. The van der Waals surface area contributed by atoms with Gasteiger partial charge in [-0.2, -0.15) is 0 Å². The van der Waals surface area contributed by atoms with Gasteiger partial charge in [0.25, 0.3) is 0 Å². The Balaban J connectivity index is 2.34. The number of hydrogen-bond acceptors (Lipinski definition) is 8. The summed E-state index contributed by atoms with van der Waals surface area (Å²) >= 11 is 0. The Kier molecular flexibility index (Phi) is 7.71. The Morgan fingerprint density at radius 3 is 2.04 bits per heavy atom. The predicted molar refractivity (Wildman–Crippen MR) is 96.8 cm³/mol. The van der Waals surface area contributed by atoms with Crippen LogP contribution >= 0.6 is 0 Å². The van der Waals surface area contributed by atoms with E-state index in [4.69, 9.17) is 23.7 Å². The molecule has 8 nitrogen and oxygen atoms in total. The van der Waals surface area contributed by atoms with Gasteiger partial charge in [-0.15, -0.1) is 6.58 Å². The normalized spacial score (nSPS) is 26.8. The molecule has 1 aromatic rings. The molecule has 8 heteroatoms. The second-order valence-electron chi connectivity index (χ2n) is 6.22. The summed E-state index contributed by atoms with van der Waals surface area (Å²) in [5.74, 6) is -1.82. The van der Waals surface area contributed by atoms with Crippen molar-refractivity contribution in [2.45, 2.75) is 58.1 Å². The Labute approximate surface area is 163 Å². The van der Waals surface area contributed by atoms with Crippen molar-refractivity contribution >= 4 is 17.9 Å². The average molecular weight is 392 g/mol. The van der Waals surface area contributed by atoms with Crippen LogP contribution in [0.3, 0.4) is 0 Å². The number of benzene rings is 1. The molecule has 2 rings (SSSR count). The van der Waals surface area contributed by atoms with Crippen LogP contribution in [0.2, 0.25) is 0 Å². The zero-order chi connectivity index (χ0) is 20.7. The van der Waals surface area contributed by atoms with Crippen LogP contribution in [-0.2, 0) is 44.7 Å². The molecule has 152 valence electrons. The van der Waals surface area contributed by atoms with Gasteiger partial charge in [0.15, 0.2) is 12.2 Å². The van der Waals surface area contributed by atoms with Gasteiger partial charge >= 0.3 is 17.9 Å². The molecule has 1 fully saturated rings. The first-order valence-corrected chi connectivity index (χ1v) is 8.77. The quantitative estimate of drug-likeness (QED) is 0.394. The van der Waals surface area contributed by atoms with E-state index in [2.05, 4.69) is 6.58 Å². The van der Waals surface area contributed by atoms with E-state index in [1.807, 2.05) is 30.3 Å². The minimum absolute atomic E-state index is 0.150. The second-order valence-corrected chi connectivity index (χ2v) is 6.22. The van der Waals surface area contributed by atoms with E-state index < -0.39 is 48.6 Å². The molecule has 1 saturated heterocycles. The van der Waals surface area contributed by atoms with E-state index in [0.29, 0.717) is 0 Å². The topological polar surface area (TPSA) is 97.4 Å². The molecule has 0 saturated carbocycles.